The molecule has 24 heavy (non-hydrogen) atoms. The summed E-state index contributed by atoms with van der Waals surface area (Å²) >= 11 is 1.28. The standard InChI is InChI=1S/C16H15N5O2S/c1-21-8-7-13(20-21)18-14(22)9-12-10-24-16(17-12)19-15(23)11-5-3-2-4-6-11/h2-8,10H,9H2,1H3,(H,17,19,23)(H,18,20,22). The predicted molar refractivity (Wildman–Crippen MR) is 92.1 cm³/mol. The third kappa shape index (κ3) is 4.05. The van der Waals surface area contributed by atoms with Gasteiger partial charge in [-0.05, 0) is 12.1 Å². The van der Waals surface area contributed by atoms with E-state index in [1.54, 1.807) is 53.6 Å². The zero-order valence-corrected chi connectivity index (χ0v) is 13.7. The Labute approximate surface area is 142 Å². The van der Waals surface area contributed by atoms with Crippen LogP contribution < -0.4 is 10.6 Å². The van der Waals surface area contributed by atoms with Crippen molar-refractivity contribution in [3.05, 3.63) is 59.2 Å². The van der Waals surface area contributed by atoms with Gasteiger partial charge in [-0.15, -0.1) is 11.3 Å². The lowest BCUT2D eigenvalue weighted by Crippen LogP contribution is -2.15. The van der Waals surface area contributed by atoms with Crippen LogP contribution in [0.15, 0.2) is 48.0 Å². The summed E-state index contributed by atoms with van der Waals surface area (Å²) in [4.78, 5) is 28.3. The second-order valence-corrected chi connectivity index (χ2v) is 5.92. The molecule has 0 aliphatic carbocycles. The van der Waals surface area contributed by atoms with Gasteiger partial charge in [-0.2, -0.15) is 5.10 Å². The maximum atomic E-state index is 12.1. The molecule has 8 heteroatoms. The molecular formula is C16H15N5O2S. The van der Waals surface area contributed by atoms with Gasteiger partial charge in [-0.25, -0.2) is 4.98 Å². The number of carbonyl (C=O) groups is 2. The van der Waals surface area contributed by atoms with E-state index in [0.29, 0.717) is 22.2 Å². The van der Waals surface area contributed by atoms with E-state index < -0.39 is 0 Å². The molecule has 3 rings (SSSR count). The average molecular weight is 341 g/mol. The topological polar surface area (TPSA) is 88.9 Å². The van der Waals surface area contributed by atoms with Crippen LogP contribution in [0.25, 0.3) is 0 Å². The number of nitrogens with one attached hydrogen (secondary N) is 2. The van der Waals surface area contributed by atoms with Gasteiger partial charge in [0.15, 0.2) is 10.9 Å². The fraction of sp³-hybridized carbons (Fsp3) is 0.125. The number of anilines is 2. The number of nitrogens with zero attached hydrogens (tertiary/aromatic N) is 3. The maximum Gasteiger partial charge on any atom is 0.257 e. The molecule has 0 fully saturated rings. The zero-order chi connectivity index (χ0) is 16.9. The number of hydrogen-bond donors (Lipinski definition) is 2. The smallest absolute Gasteiger partial charge is 0.257 e. The van der Waals surface area contributed by atoms with Gasteiger partial charge >= 0.3 is 0 Å². The molecular weight excluding hydrogens is 326 g/mol. The molecule has 0 saturated carbocycles. The van der Waals surface area contributed by atoms with Gasteiger partial charge in [-0.1, -0.05) is 18.2 Å². The lowest BCUT2D eigenvalue weighted by molar-refractivity contribution is -0.115. The largest absolute Gasteiger partial charge is 0.309 e. The van der Waals surface area contributed by atoms with Gasteiger partial charge in [0, 0.05) is 30.3 Å². The van der Waals surface area contributed by atoms with Crippen LogP contribution in [0.4, 0.5) is 10.9 Å². The quantitative estimate of drug-likeness (QED) is 0.745. The molecule has 0 aliphatic rings. The summed E-state index contributed by atoms with van der Waals surface area (Å²) in [6.45, 7) is 0. The Kier molecular flexibility index (Phi) is 4.66. The highest BCUT2D eigenvalue weighted by Gasteiger charge is 2.11. The number of carbonyl (C=O) groups excluding carboxylic acids is 2. The van der Waals surface area contributed by atoms with Crippen LogP contribution in [0.5, 0.6) is 0 Å². The Balaban J connectivity index is 1.57. The van der Waals surface area contributed by atoms with Gasteiger partial charge in [0.05, 0.1) is 12.1 Å². The van der Waals surface area contributed by atoms with Crippen LogP contribution in [-0.4, -0.2) is 26.6 Å². The molecule has 0 saturated heterocycles. The second-order valence-electron chi connectivity index (χ2n) is 5.06. The minimum atomic E-state index is -0.227. The normalized spacial score (nSPS) is 10.4. The van der Waals surface area contributed by atoms with E-state index in [2.05, 4.69) is 20.7 Å². The first-order valence-electron chi connectivity index (χ1n) is 7.20. The SMILES string of the molecule is Cn1ccc(NC(=O)Cc2csc(NC(=O)c3ccccc3)n2)n1. The number of benzene rings is 1. The van der Waals surface area contributed by atoms with Crippen molar-refractivity contribution in [1.29, 1.82) is 0 Å². The van der Waals surface area contributed by atoms with Crippen molar-refractivity contribution >= 4 is 34.1 Å². The van der Waals surface area contributed by atoms with Crippen LogP contribution in [0.3, 0.4) is 0 Å². The maximum absolute atomic E-state index is 12.1. The van der Waals surface area contributed by atoms with Gasteiger partial charge in [0.25, 0.3) is 5.91 Å². The molecule has 0 radical (unpaired) electrons. The number of rotatable bonds is 5. The average Bonchev–Trinajstić information content (AvgIpc) is 3.17. The van der Waals surface area contributed by atoms with Crippen molar-refractivity contribution in [3.63, 3.8) is 0 Å². The van der Waals surface area contributed by atoms with Crippen molar-refractivity contribution in [2.75, 3.05) is 10.6 Å². The Morgan fingerprint density at radius 3 is 2.67 bits per heavy atom. The highest BCUT2D eigenvalue weighted by molar-refractivity contribution is 7.14. The van der Waals surface area contributed by atoms with Crippen LogP contribution in [-0.2, 0) is 18.3 Å². The molecule has 0 bridgehead atoms. The van der Waals surface area contributed by atoms with Crippen molar-refractivity contribution in [1.82, 2.24) is 14.8 Å². The number of hydrogen-bond acceptors (Lipinski definition) is 5. The molecule has 0 unspecified atom stereocenters. The molecule has 0 atom stereocenters. The van der Waals surface area contributed by atoms with Gasteiger partial charge in [-0.3, -0.25) is 19.6 Å². The van der Waals surface area contributed by atoms with Crippen LogP contribution in [0.1, 0.15) is 16.1 Å². The number of amides is 2. The van der Waals surface area contributed by atoms with E-state index in [1.807, 2.05) is 6.07 Å². The summed E-state index contributed by atoms with van der Waals surface area (Å²) in [5.74, 6) is 0.0599. The molecule has 2 N–H and O–H groups in total. The fourth-order valence-electron chi connectivity index (χ4n) is 2.04. The lowest BCUT2D eigenvalue weighted by Gasteiger charge is -2.01. The summed E-state index contributed by atoms with van der Waals surface area (Å²) < 4.78 is 1.61. The summed E-state index contributed by atoms with van der Waals surface area (Å²) in [7, 11) is 1.78. The Hall–Kier alpha value is -3.00. The van der Waals surface area contributed by atoms with Crippen LogP contribution >= 0.6 is 11.3 Å². The molecule has 2 aromatic heterocycles. The molecule has 3 aromatic rings. The first-order chi connectivity index (χ1) is 11.6. The molecule has 1 aromatic carbocycles. The van der Waals surface area contributed by atoms with E-state index in [9.17, 15) is 9.59 Å². The van der Waals surface area contributed by atoms with Crippen molar-refractivity contribution in [2.45, 2.75) is 6.42 Å². The van der Waals surface area contributed by atoms with Gasteiger partial charge < -0.3 is 5.32 Å². The first-order valence-corrected chi connectivity index (χ1v) is 8.08. The third-order valence-corrected chi connectivity index (χ3v) is 3.94. The number of thiazole rings is 1. The number of aromatic nitrogens is 3. The van der Waals surface area contributed by atoms with E-state index >= 15 is 0 Å². The zero-order valence-electron chi connectivity index (χ0n) is 12.9. The van der Waals surface area contributed by atoms with Gasteiger partial charge in [0.2, 0.25) is 5.91 Å². The summed E-state index contributed by atoms with van der Waals surface area (Å²) in [6.07, 6.45) is 1.87. The van der Waals surface area contributed by atoms with E-state index in [1.165, 1.54) is 11.3 Å². The van der Waals surface area contributed by atoms with E-state index in [-0.39, 0.29) is 18.2 Å². The lowest BCUT2D eigenvalue weighted by atomic mass is 10.2. The Bertz CT molecular complexity index is 856. The minimum absolute atomic E-state index is 0.119. The van der Waals surface area contributed by atoms with E-state index in [4.69, 9.17) is 0 Å². The van der Waals surface area contributed by atoms with Crippen molar-refractivity contribution in [2.24, 2.45) is 7.05 Å². The summed E-state index contributed by atoms with van der Waals surface area (Å²) in [6, 6.07) is 10.6. The summed E-state index contributed by atoms with van der Waals surface area (Å²) in [5, 5.41) is 11.7. The van der Waals surface area contributed by atoms with E-state index in [0.717, 1.165) is 0 Å². The Morgan fingerprint density at radius 2 is 1.96 bits per heavy atom. The third-order valence-electron chi connectivity index (χ3n) is 3.13. The molecule has 2 heterocycles. The molecule has 2 amide bonds. The van der Waals surface area contributed by atoms with Gasteiger partial charge in [0.1, 0.15) is 0 Å². The fourth-order valence-corrected chi connectivity index (χ4v) is 2.74. The summed E-state index contributed by atoms with van der Waals surface area (Å²) in [5.41, 5.74) is 1.15. The van der Waals surface area contributed by atoms with Crippen LogP contribution in [0.2, 0.25) is 0 Å². The minimum Gasteiger partial charge on any atom is -0.309 e. The number of aryl methyl sites for hydroxylation is 1. The molecule has 122 valence electrons. The molecule has 0 aliphatic heterocycles. The van der Waals surface area contributed by atoms with Crippen LogP contribution in [0, 0.1) is 0 Å². The highest BCUT2D eigenvalue weighted by Crippen LogP contribution is 2.17. The Morgan fingerprint density at radius 1 is 1.17 bits per heavy atom. The highest BCUT2D eigenvalue weighted by atomic mass is 32.1. The monoisotopic (exact) mass is 341 g/mol. The van der Waals surface area contributed by atoms with Crippen molar-refractivity contribution < 1.29 is 9.59 Å². The predicted octanol–water partition coefficient (Wildman–Crippen LogP) is 2.31. The van der Waals surface area contributed by atoms with Crippen molar-refractivity contribution in [3.8, 4) is 0 Å². The molecule has 0 spiro atoms. The first kappa shape index (κ1) is 15.9. The second kappa shape index (κ2) is 7.05. The molecule has 7 nitrogen and oxygen atoms in total.